The third-order valence-electron chi connectivity index (χ3n) is 3.85. The first-order valence-electron chi connectivity index (χ1n) is 7.69. The number of rotatable bonds is 6. The number of aromatic nitrogens is 2. The smallest absolute Gasteiger partial charge is 0.256 e. The quantitative estimate of drug-likeness (QED) is 0.887. The Morgan fingerprint density at radius 2 is 1.82 bits per heavy atom. The van der Waals surface area contributed by atoms with E-state index < -0.39 is 0 Å². The molecule has 5 heteroatoms. The number of hydrogen-bond donors (Lipinski definition) is 1. The number of benzene rings is 1. The van der Waals surface area contributed by atoms with Gasteiger partial charge in [-0.25, -0.2) is 4.68 Å². The first-order valence-corrected chi connectivity index (χ1v) is 7.69. The fourth-order valence-corrected chi connectivity index (χ4v) is 2.44. The van der Waals surface area contributed by atoms with Crippen molar-refractivity contribution in [3.63, 3.8) is 0 Å². The molecular formula is C17H24N4O. The summed E-state index contributed by atoms with van der Waals surface area (Å²) in [6.07, 6.45) is 3.69. The van der Waals surface area contributed by atoms with E-state index in [9.17, 15) is 4.79 Å². The zero-order valence-corrected chi connectivity index (χ0v) is 13.7. The van der Waals surface area contributed by atoms with Gasteiger partial charge in [-0.1, -0.05) is 13.8 Å². The van der Waals surface area contributed by atoms with Gasteiger partial charge in [0.05, 0.1) is 12.2 Å². The van der Waals surface area contributed by atoms with E-state index in [1.54, 1.807) is 6.20 Å². The Morgan fingerprint density at radius 3 is 2.36 bits per heavy atom. The molecule has 0 aliphatic heterocycles. The zero-order chi connectivity index (χ0) is 16.1. The number of nitrogens with zero attached hydrogens (tertiary/aromatic N) is 3. The van der Waals surface area contributed by atoms with Gasteiger partial charge in [0.1, 0.15) is 5.82 Å². The van der Waals surface area contributed by atoms with Crippen molar-refractivity contribution in [3.05, 3.63) is 42.1 Å². The third kappa shape index (κ3) is 3.47. The predicted molar refractivity (Wildman–Crippen MR) is 90.6 cm³/mol. The van der Waals surface area contributed by atoms with Gasteiger partial charge in [0.15, 0.2) is 0 Å². The van der Waals surface area contributed by atoms with Gasteiger partial charge in [0.25, 0.3) is 5.91 Å². The summed E-state index contributed by atoms with van der Waals surface area (Å²) in [5, 5.41) is 7.29. The van der Waals surface area contributed by atoms with E-state index in [0.717, 1.165) is 24.3 Å². The normalized spacial score (nSPS) is 10.8. The second kappa shape index (κ2) is 7.11. The van der Waals surface area contributed by atoms with Crippen molar-refractivity contribution >= 4 is 17.4 Å². The fraction of sp³-hybridized carbons (Fsp3) is 0.412. The highest BCUT2D eigenvalue weighted by molar-refractivity contribution is 6.04. The van der Waals surface area contributed by atoms with E-state index in [2.05, 4.69) is 24.3 Å². The van der Waals surface area contributed by atoms with E-state index in [1.165, 1.54) is 0 Å². The number of amides is 1. The zero-order valence-electron chi connectivity index (χ0n) is 13.7. The standard InChI is InChI=1S/C17H24N4O/c1-5-14(6-2)21-16(11-12-18-21)19-17(22)13-7-9-15(10-8-13)20(3)4/h7-12,14H,5-6H2,1-4H3,(H,19,22). The summed E-state index contributed by atoms with van der Waals surface area (Å²) in [4.78, 5) is 14.4. The molecule has 5 nitrogen and oxygen atoms in total. The summed E-state index contributed by atoms with van der Waals surface area (Å²) in [5.74, 6) is 0.633. The molecule has 1 heterocycles. The van der Waals surface area contributed by atoms with Gasteiger partial charge in [0.2, 0.25) is 0 Å². The van der Waals surface area contributed by atoms with Gasteiger partial charge in [0, 0.05) is 31.4 Å². The van der Waals surface area contributed by atoms with E-state index in [0.29, 0.717) is 11.6 Å². The topological polar surface area (TPSA) is 50.2 Å². The molecule has 0 radical (unpaired) electrons. The van der Waals surface area contributed by atoms with Crippen molar-refractivity contribution in [2.75, 3.05) is 24.3 Å². The molecule has 0 unspecified atom stereocenters. The molecule has 0 bridgehead atoms. The van der Waals surface area contributed by atoms with E-state index in [-0.39, 0.29) is 5.91 Å². The molecule has 0 fully saturated rings. The molecule has 0 aliphatic rings. The Morgan fingerprint density at radius 1 is 1.18 bits per heavy atom. The molecule has 1 N–H and O–H groups in total. The number of carbonyl (C=O) groups excluding carboxylic acids is 1. The molecular weight excluding hydrogens is 276 g/mol. The monoisotopic (exact) mass is 300 g/mol. The molecule has 0 saturated carbocycles. The Balaban J connectivity index is 2.14. The Hall–Kier alpha value is -2.30. The lowest BCUT2D eigenvalue weighted by atomic mass is 10.1. The molecule has 1 amide bonds. The largest absolute Gasteiger partial charge is 0.378 e. The van der Waals surface area contributed by atoms with Crippen LogP contribution in [0.25, 0.3) is 0 Å². The molecule has 2 aromatic rings. The highest BCUT2D eigenvalue weighted by atomic mass is 16.1. The maximum Gasteiger partial charge on any atom is 0.256 e. The van der Waals surface area contributed by atoms with Crippen molar-refractivity contribution in [1.82, 2.24) is 9.78 Å². The van der Waals surface area contributed by atoms with Gasteiger partial charge in [-0.3, -0.25) is 4.79 Å². The first kappa shape index (κ1) is 16.1. The molecule has 118 valence electrons. The van der Waals surface area contributed by atoms with Crippen molar-refractivity contribution in [3.8, 4) is 0 Å². The first-order chi connectivity index (χ1) is 10.6. The molecule has 1 aromatic heterocycles. The minimum Gasteiger partial charge on any atom is -0.378 e. The lowest BCUT2D eigenvalue weighted by molar-refractivity contribution is 0.102. The summed E-state index contributed by atoms with van der Waals surface area (Å²) in [7, 11) is 3.95. The van der Waals surface area contributed by atoms with E-state index in [4.69, 9.17) is 0 Å². The number of hydrogen-bond acceptors (Lipinski definition) is 3. The molecule has 2 rings (SSSR count). The summed E-state index contributed by atoms with van der Waals surface area (Å²) >= 11 is 0. The van der Waals surface area contributed by atoms with Crippen molar-refractivity contribution in [2.45, 2.75) is 32.7 Å². The van der Waals surface area contributed by atoms with Crippen molar-refractivity contribution in [1.29, 1.82) is 0 Å². The van der Waals surface area contributed by atoms with Crippen LogP contribution in [-0.4, -0.2) is 29.8 Å². The molecule has 1 aromatic carbocycles. The number of carbonyl (C=O) groups is 1. The maximum absolute atomic E-state index is 12.4. The Bertz CT molecular complexity index is 612. The molecule has 0 aliphatic carbocycles. The predicted octanol–water partition coefficient (Wildman–Crippen LogP) is 3.56. The summed E-state index contributed by atoms with van der Waals surface area (Å²) in [6, 6.07) is 9.69. The average molecular weight is 300 g/mol. The van der Waals surface area contributed by atoms with Crippen LogP contribution in [0.1, 0.15) is 43.1 Å². The van der Waals surface area contributed by atoms with Crippen LogP contribution in [-0.2, 0) is 0 Å². The van der Waals surface area contributed by atoms with Crippen LogP contribution in [0.15, 0.2) is 36.5 Å². The maximum atomic E-state index is 12.4. The van der Waals surface area contributed by atoms with Crippen LogP contribution >= 0.6 is 0 Å². The summed E-state index contributed by atoms with van der Waals surface area (Å²) < 4.78 is 1.89. The van der Waals surface area contributed by atoms with Crippen LogP contribution < -0.4 is 10.2 Å². The summed E-state index contributed by atoms with van der Waals surface area (Å²) in [5.41, 5.74) is 1.71. The van der Waals surface area contributed by atoms with Crippen molar-refractivity contribution < 1.29 is 4.79 Å². The van der Waals surface area contributed by atoms with E-state index >= 15 is 0 Å². The SMILES string of the molecule is CCC(CC)n1nccc1NC(=O)c1ccc(N(C)C)cc1. The van der Waals surface area contributed by atoms with Gasteiger partial charge in [-0.05, 0) is 37.1 Å². The molecule has 0 saturated heterocycles. The van der Waals surface area contributed by atoms with Crippen LogP contribution in [0.2, 0.25) is 0 Å². The average Bonchev–Trinajstić information content (AvgIpc) is 2.97. The number of anilines is 2. The van der Waals surface area contributed by atoms with Gasteiger partial charge >= 0.3 is 0 Å². The highest BCUT2D eigenvalue weighted by Gasteiger charge is 2.14. The van der Waals surface area contributed by atoms with Gasteiger partial charge < -0.3 is 10.2 Å². The van der Waals surface area contributed by atoms with E-state index in [1.807, 2.05) is 54.0 Å². The lowest BCUT2D eigenvalue weighted by Crippen LogP contribution is -2.18. The minimum absolute atomic E-state index is 0.113. The molecule has 0 atom stereocenters. The Kier molecular flexibility index (Phi) is 5.20. The van der Waals surface area contributed by atoms with Crippen molar-refractivity contribution in [2.24, 2.45) is 0 Å². The van der Waals surface area contributed by atoms with Gasteiger partial charge in [-0.2, -0.15) is 5.10 Å². The second-order valence-corrected chi connectivity index (χ2v) is 5.53. The van der Waals surface area contributed by atoms with Crippen LogP contribution in [0.5, 0.6) is 0 Å². The second-order valence-electron chi connectivity index (χ2n) is 5.53. The lowest BCUT2D eigenvalue weighted by Gasteiger charge is -2.17. The molecule has 22 heavy (non-hydrogen) atoms. The number of nitrogens with one attached hydrogen (secondary N) is 1. The van der Waals surface area contributed by atoms with Gasteiger partial charge in [-0.15, -0.1) is 0 Å². The van der Waals surface area contributed by atoms with Crippen LogP contribution in [0, 0.1) is 0 Å². The fourth-order valence-electron chi connectivity index (χ4n) is 2.44. The van der Waals surface area contributed by atoms with Crippen LogP contribution in [0.3, 0.4) is 0 Å². The van der Waals surface area contributed by atoms with Crippen LogP contribution in [0.4, 0.5) is 11.5 Å². The Labute approximate surface area is 131 Å². The summed E-state index contributed by atoms with van der Waals surface area (Å²) in [6.45, 7) is 4.25. The highest BCUT2D eigenvalue weighted by Crippen LogP contribution is 2.21. The molecule has 0 spiro atoms. The third-order valence-corrected chi connectivity index (χ3v) is 3.85. The minimum atomic E-state index is -0.113.